The predicted octanol–water partition coefficient (Wildman–Crippen LogP) is 2.83. The van der Waals surface area contributed by atoms with Crippen molar-refractivity contribution in [3.8, 4) is 0 Å². The van der Waals surface area contributed by atoms with E-state index in [2.05, 4.69) is 4.90 Å². The topological polar surface area (TPSA) is 40.6 Å². The Morgan fingerprint density at radius 3 is 2.40 bits per heavy atom. The van der Waals surface area contributed by atoms with Crippen molar-refractivity contribution in [1.82, 2.24) is 9.80 Å². The molecule has 1 saturated heterocycles. The van der Waals surface area contributed by atoms with E-state index in [4.69, 9.17) is 0 Å². The molecule has 5 heteroatoms. The van der Waals surface area contributed by atoms with Crippen molar-refractivity contribution in [2.75, 3.05) is 26.4 Å². The monoisotopic (exact) mass is 362 g/mol. The molecule has 1 amide bonds. The van der Waals surface area contributed by atoms with Gasteiger partial charge in [-0.15, -0.1) is 0 Å². The molecule has 1 aliphatic heterocycles. The highest BCUT2D eigenvalue weighted by Crippen LogP contribution is 2.29. The first-order chi connectivity index (χ1) is 12.1. The van der Waals surface area contributed by atoms with Crippen LogP contribution in [0, 0.1) is 0 Å². The largest absolute Gasteiger partial charge is 0.341 e. The molecule has 0 radical (unpaired) electrons. The predicted molar refractivity (Wildman–Crippen MR) is 102 cm³/mol. The summed E-state index contributed by atoms with van der Waals surface area (Å²) in [6, 6.07) is 8.48. The second kappa shape index (κ2) is 8.45. The van der Waals surface area contributed by atoms with Crippen molar-refractivity contribution < 1.29 is 9.00 Å². The Morgan fingerprint density at radius 1 is 1.12 bits per heavy atom. The van der Waals surface area contributed by atoms with Crippen LogP contribution in [0.25, 0.3) is 0 Å². The maximum Gasteiger partial charge on any atom is 0.227 e. The van der Waals surface area contributed by atoms with Gasteiger partial charge in [0.1, 0.15) is 0 Å². The average molecular weight is 363 g/mol. The molecule has 3 atom stereocenters. The van der Waals surface area contributed by atoms with Gasteiger partial charge in [0.2, 0.25) is 5.91 Å². The summed E-state index contributed by atoms with van der Waals surface area (Å²) < 4.78 is 11.5. The van der Waals surface area contributed by atoms with Crippen LogP contribution >= 0.6 is 0 Å². The highest BCUT2D eigenvalue weighted by molar-refractivity contribution is 7.84. The third-order valence-electron chi connectivity index (χ3n) is 5.81. The molecule has 1 heterocycles. The number of rotatable bonds is 5. The molecule has 4 nitrogen and oxygen atoms in total. The van der Waals surface area contributed by atoms with E-state index in [1.165, 1.54) is 45.2 Å². The lowest BCUT2D eigenvalue weighted by Crippen LogP contribution is -2.53. The van der Waals surface area contributed by atoms with E-state index in [1.807, 2.05) is 36.2 Å². The average Bonchev–Trinajstić information content (AvgIpc) is 3.16. The van der Waals surface area contributed by atoms with E-state index in [0.717, 1.165) is 16.9 Å². The number of likely N-dealkylation sites (tertiary alicyclic amines) is 1. The Balaban J connectivity index is 1.64. The highest BCUT2D eigenvalue weighted by atomic mass is 32.2. The summed E-state index contributed by atoms with van der Waals surface area (Å²) in [6.45, 7) is 2.39. The van der Waals surface area contributed by atoms with Crippen molar-refractivity contribution in [3.05, 3.63) is 29.8 Å². The molecule has 1 unspecified atom stereocenters. The molecule has 0 bridgehead atoms. The van der Waals surface area contributed by atoms with Crippen LogP contribution in [-0.4, -0.2) is 58.4 Å². The minimum atomic E-state index is -0.970. The van der Waals surface area contributed by atoms with Crippen molar-refractivity contribution in [3.63, 3.8) is 0 Å². The minimum absolute atomic E-state index is 0.196. The zero-order valence-corrected chi connectivity index (χ0v) is 16.3. The Morgan fingerprint density at radius 2 is 1.76 bits per heavy atom. The third-order valence-corrected chi connectivity index (χ3v) is 6.74. The second-order valence-electron chi connectivity index (χ2n) is 7.44. The number of hydrogen-bond donors (Lipinski definition) is 0. The van der Waals surface area contributed by atoms with Gasteiger partial charge in [0.15, 0.2) is 0 Å². The van der Waals surface area contributed by atoms with Gasteiger partial charge in [0.25, 0.3) is 0 Å². The fourth-order valence-corrected chi connectivity index (χ4v) is 4.85. The van der Waals surface area contributed by atoms with Gasteiger partial charge in [-0.05, 0) is 56.5 Å². The van der Waals surface area contributed by atoms with E-state index in [-0.39, 0.29) is 5.91 Å². The summed E-state index contributed by atoms with van der Waals surface area (Å²) >= 11 is 0. The van der Waals surface area contributed by atoms with Gasteiger partial charge in [-0.1, -0.05) is 25.0 Å². The van der Waals surface area contributed by atoms with Gasteiger partial charge < -0.3 is 4.90 Å². The van der Waals surface area contributed by atoms with Crippen LogP contribution in [-0.2, 0) is 22.0 Å². The summed E-state index contributed by atoms with van der Waals surface area (Å²) in [6.07, 6.45) is 9.55. The first-order valence-electron chi connectivity index (χ1n) is 9.48. The number of benzene rings is 1. The Labute approximate surface area is 154 Å². The quantitative estimate of drug-likeness (QED) is 0.809. The van der Waals surface area contributed by atoms with Crippen LogP contribution in [0.15, 0.2) is 29.2 Å². The van der Waals surface area contributed by atoms with Gasteiger partial charge in [-0.3, -0.25) is 13.9 Å². The molecule has 138 valence electrons. The van der Waals surface area contributed by atoms with Crippen LogP contribution in [0.3, 0.4) is 0 Å². The van der Waals surface area contributed by atoms with E-state index >= 15 is 0 Å². The lowest BCUT2D eigenvalue weighted by molar-refractivity contribution is -0.133. The molecule has 1 saturated carbocycles. The maximum absolute atomic E-state index is 12.8. The fraction of sp³-hybridized carbons (Fsp3) is 0.650. The van der Waals surface area contributed by atoms with Crippen LogP contribution in [0.2, 0.25) is 0 Å². The molecule has 1 aromatic carbocycles. The Bertz CT molecular complexity index is 611. The van der Waals surface area contributed by atoms with E-state index in [9.17, 15) is 9.00 Å². The van der Waals surface area contributed by atoms with Crippen LogP contribution in [0.5, 0.6) is 0 Å². The molecule has 1 aliphatic carbocycles. The van der Waals surface area contributed by atoms with Crippen LogP contribution in [0.1, 0.15) is 44.1 Å². The standard InChI is InChI=1S/C20H30N2O2S/c1-21(18-7-3-4-8-19(18)22-13-5-6-14-22)20(23)15-16-9-11-17(12-10-16)25(2)24/h9-12,18-19H,3-8,13-15H2,1-2H3/t18-,19-,25?/m1/s1. The van der Waals surface area contributed by atoms with Crippen molar-refractivity contribution >= 4 is 16.7 Å². The maximum atomic E-state index is 12.8. The third kappa shape index (κ3) is 4.50. The molecular weight excluding hydrogens is 332 g/mol. The molecule has 0 aromatic heterocycles. The molecule has 0 N–H and O–H groups in total. The summed E-state index contributed by atoms with van der Waals surface area (Å²) in [4.78, 5) is 18.3. The molecular formula is C20H30N2O2S. The number of carbonyl (C=O) groups excluding carboxylic acids is 1. The molecule has 2 fully saturated rings. The fourth-order valence-electron chi connectivity index (χ4n) is 4.33. The van der Waals surface area contributed by atoms with E-state index < -0.39 is 10.8 Å². The summed E-state index contributed by atoms with van der Waals surface area (Å²) in [5.74, 6) is 0.196. The second-order valence-corrected chi connectivity index (χ2v) is 8.82. The lowest BCUT2D eigenvalue weighted by atomic mass is 9.88. The molecule has 2 aliphatic rings. The van der Waals surface area contributed by atoms with Crippen molar-refractivity contribution in [2.45, 2.75) is 61.9 Å². The summed E-state index contributed by atoms with van der Waals surface area (Å²) in [5, 5.41) is 0. The van der Waals surface area contributed by atoms with Gasteiger partial charge in [0, 0.05) is 41.1 Å². The SMILES string of the molecule is CN(C(=O)Cc1ccc(S(C)=O)cc1)[C@@H]1CCCC[C@H]1N1CCCC1. The molecule has 25 heavy (non-hydrogen) atoms. The summed E-state index contributed by atoms with van der Waals surface area (Å²) in [5.41, 5.74) is 1.000. The number of nitrogens with zero attached hydrogens (tertiary/aromatic N) is 2. The Hall–Kier alpha value is -1.20. The lowest BCUT2D eigenvalue weighted by Gasteiger charge is -2.42. The smallest absolute Gasteiger partial charge is 0.227 e. The zero-order chi connectivity index (χ0) is 17.8. The number of likely N-dealkylation sites (N-methyl/N-ethyl adjacent to an activating group) is 1. The van der Waals surface area contributed by atoms with Crippen molar-refractivity contribution in [2.24, 2.45) is 0 Å². The van der Waals surface area contributed by atoms with Gasteiger partial charge in [-0.25, -0.2) is 0 Å². The number of amides is 1. The van der Waals surface area contributed by atoms with E-state index in [0.29, 0.717) is 18.5 Å². The van der Waals surface area contributed by atoms with Gasteiger partial charge in [0.05, 0.1) is 6.42 Å². The van der Waals surface area contributed by atoms with E-state index in [1.54, 1.807) is 6.26 Å². The van der Waals surface area contributed by atoms with Gasteiger partial charge in [-0.2, -0.15) is 0 Å². The molecule has 3 rings (SSSR count). The van der Waals surface area contributed by atoms with Crippen LogP contribution < -0.4 is 0 Å². The Kier molecular flexibility index (Phi) is 6.29. The summed E-state index contributed by atoms with van der Waals surface area (Å²) in [7, 11) is 1.01. The number of hydrogen-bond acceptors (Lipinski definition) is 3. The first kappa shape index (κ1) is 18.6. The van der Waals surface area contributed by atoms with Crippen molar-refractivity contribution in [1.29, 1.82) is 0 Å². The number of carbonyl (C=O) groups is 1. The first-order valence-corrected chi connectivity index (χ1v) is 11.0. The highest BCUT2D eigenvalue weighted by Gasteiger charge is 2.35. The van der Waals surface area contributed by atoms with Gasteiger partial charge >= 0.3 is 0 Å². The minimum Gasteiger partial charge on any atom is -0.341 e. The zero-order valence-electron chi connectivity index (χ0n) is 15.4. The molecule has 1 aromatic rings. The normalized spacial score (nSPS) is 25.7. The van der Waals surface area contributed by atoms with Crippen LogP contribution in [0.4, 0.5) is 0 Å². The molecule has 0 spiro atoms.